The van der Waals surface area contributed by atoms with E-state index in [-0.39, 0.29) is 23.7 Å². The molecule has 0 bridgehead atoms. The molecule has 1 spiro atoms. The van der Waals surface area contributed by atoms with Crippen molar-refractivity contribution in [2.24, 2.45) is 5.41 Å². The van der Waals surface area contributed by atoms with Gasteiger partial charge in [-0.1, -0.05) is 18.6 Å². The monoisotopic (exact) mass is 344 g/mol. The predicted molar refractivity (Wildman–Crippen MR) is 92.7 cm³/mol. The molecule has 2 aliphatic heterocycles. The molecule has 1 saturated carbocycles. The Morgan fingerprint density at radius 2 is 1.80 bits per heavy atom. The Balaban J connectivity index is 1.52. The summed E-state index contributed by atoms with van der Waals surface area (Å²) in [6.07, 6.45) is 5.33. The number of Topliss-reactive ketones (excluding diaryl/α,β-unsaturated/α-hetero) is 1. The summed E-state index contributed by atoms with van der Waals surface area (Å²) in [6.45, 7) is 2.20. The van der Waals surface area contributed by atoms with Gasteiger partial charge in [0.05, 0.1) is 11.5 Å². The number of halogens is 1. The van der Waals surface area contributed by atoms with Crippen LogP contribution in [0.5, 0.6) is 0 Å². The molecule has 1 N–H and O–H groups in total. The molecule has 1 amide bonds. The molecular weight excluding hydrogens is 319 g/mol. The molecule has 1 aromatic carbocycles. The quantitative estimate of drug-likeness (QED) is 0.897. The van der Waals surface area contributed by atoms with E-state index in [9.17, 15) is 14.0 Å². The van der Waals surface area contributed by atoms with Gasteiger partial charge in [-0.25, -0.2) is 4.39 Å². The maximum absolute atomic E-state index is 13.3. The molecule has 25 heavy (non-hydrogen) atoms. The molecule has 3 fully saturated rings. The van der Waals surface area contributed by atoms with E-state index in [2.05, 4.69) is 10.2 Å². The van der Waals surface area contributed by atoms with Crippen molar-refractivity contribution in [1.82, 2.24) is 10.2 Å². The van der Waals surface area contributed by atoms with Gasteiger partial charge in [-0.2, -0.15) is 0 Å². The Bertz CT molecular complexity index is 665. The largest absolute Gasteiger partial charge is 0.355 e. The number of likely N-dealkylation sites (tertiary alicyclic amines) is 1. The second kappa shape index (κ2) is 6.52. The zero-order valence-corrected chi connectivity index (χ0v) is 14.5. The highest BCUT2D eigenvalue weighted by molar-refractivity contribution is 5.87. The SMILES string of the molecule is O=C1CCCCC1N1CCC2(CC1)C(=O)NCC2c1ccc(F)cc1. The van der Waals surface area contributed by atoms with E-state index < -0.39 is 5.41 Å². The van der Waals surface area contributed by atoms with Crippen LogP contribution >= 0.6 is 0 Å². The van der Waals surface area contributed by atoms with Gasteiger partial charge in [0.2, 0.25) is 5.91 Å². The second-order valence-electron chi connectivity index (χ2n) is 7.73. The number of benzene rings is 1. The summed E-state index contributed by atoms with van der Waals surface area (Å²) in [5, 5.41) is 3.03. The molecule has 1 aromatic rings. The Kier molecular flexibility index (Phi) is 4.36. The molecule has 5 heteroatoms. The fourth-order valence-corrected chi connectivity index (χ4v) is 5.02. The first-order chi connectivity index (χ1) is 12.1. The molecule has 3 aliphatic rings. The third-order valence-corrected chi connectivity index (χ3v) is 6.51. The fourth-order valence-electron chi connectivity index (χ4n) is 5.02. The summed E-state index contributed by atoms with van der Waals surface area (Å²) in [4.78, 5) is 27.2. The van der Waals surface area contributed by atoms with Crippen LogP contribution in [0, 0.1) is 11.2 Å². The number of amides is 1. The van der Waals surface area contributed by atoms with Crippen LogP contribution in [0.2, 0.25) is 0 Å². The lowest BCUT2D eigenvalue weighted by Crippen LogP contribution is -2.52. The maximum Gasteiger partial charge on any atom is 0.227 e. The zero-order chi connectivity index (χ0) is 17.4. The molecular formula is C20H25FN2O2. The Hall–Kier alpha value is -1.75. The van der Waals surface area contributed by atoms with E-state index in [1.54, 1.807) is 12.1 Å². The van der Waals surface area contributed by atoms with Crippen LogP contribution in [0.4, 0.5) is 4.39 Å². The molecule has 0 aromatic heterocycles. The van der Waals surface area contributed by atoms with Crippen molar-refractivity contribution >= 4 is 11.7 Å². The minimum Gasteiger partial charge on any atom is -0.355 e. The second-order valence-corrected chi connectivity index (χ2v) is 7.73. The van der Waals surface area contributed by atoms with Gasteiger partial charge in [0.25, 0.3) is 0 Å². The number of carbonyl (C=O) groups is 2. The minimum absolute atomic E-state index is 0.0554. The average molecular weight is 344 g/mol. The molecule has 2 atom stereocenters. The standard InChI is InChI=1S/C20H25FN2O2/c21-15-7-5-14(6-8-15)16-13-22-19(25)20(16)9-11-23(12-10-20)17-3-1-2-4-18(17)24/h5-8,16-17H,1-4,9-13H2,(H,22,25). The van der Waals surface area contributed by atoms with Gasteiger partial charge < -0.3 is 5.32 Å². The van der Waals surface area contributed by atoms with Crippen molar-refractivity contribution in [1.29, 1.82) is 0 Å². The molecule has 134 valence electrons. The Morgan fingerprint density at radius 3 is 2.48 bits per heavy atom. The number of hydrogen-bond acceptors (Lipinski definition) is 3. The van der Waals surface area contributed by atoms with E-state index in [1.165, 1.54) is 12.1 Å². The number of piperidine rings is 1. The molecule has 2 saturated heterocycles. The van der Waals surface area contributed by atoms with E-state index in [0.717, 1.165) is 50.8 Å². The number of rotatable bonds is 2. The average Bonchev–Trinajstić information content (AvgIpc) is 2.94. The van der Waals surface area contributed by atoms with Crippen molar-refractivity contribution in [2.45, 2.75) is 50.5 Å². The van der Waals surface area contributed by atoms with Crippen LogP contribution in [-0.2, 0) is 9.59 Å². The van der Waals surface area contributed by atoms with Crippen molar-refractivity contribution in [3.63, 3.8) is 0 Å². The highest BCUT2D eigenvalue weighted by Gasteiger charge is 2.52. The summed E-state index contributed by atoms with van der Waals surface area (Å²) in [6, 6.07) is 6.61. The first-order valence-corrected chi connectivity index (χ1v) is 9.41. The summed E-state index contributed by atoms with van der Waals surface area (Å²) in [5.41, 5.74) is 0.619. The van der Waals surface area contributed by atoms with Crippen molar-refractivity contribution in [3.8, 4) is 0 Å². The van der Waals surface area contributed by atoms with Crippen LogP contribution < -0.4 is 5.32 Å². The van der Waals surface area contributed by atoms with Crippen molar-refractivity contribution in [2.75, 3.05) is 19.6 Å². The van der Waals surface area contributed by atoms with Gasteiger partial charge >= 0.3 is 0 Å². The van der Waals surface area contributed by atoms with E-state index in [4.69, 9.17) is 0 Å². The summed E-state index contributed by atoms with van der Waals surface area (Å²) in [7, 11) is 0. The lowest BCUT2D eigenvalue weighted by atomic mass is 9.67. The van der Waals surface area contributed by atoms with Gasteiger partial charge in [0.1, 0.15) is 11.6 Å². The number of hydrogen-bond donors (Lipinski definition) is 1. The Morgan fingerprint density at radius 1 is 1.08 bits per heavy atom. The molecule has 1 aliphatic carbocycles. The minimum atomic E-state index is -0.411. The van der Waals surface area contributed by atoms with Crippen LogP contribution in [-0.4, -0.2) is 42.3 Å². The van der Waals surface area contributed by atoms with Gasteiger partial charge in [-0.05, 0) is 56.5 Å². The first-order valence-electron chi connectivity index (χ1n) is 9.41. The third kappa shape index (κ3) is 2.88. The first kappa shape index (κ1) is 16.7. The van der Waals surface area contributed by atoms with Crippen LogP contribution in [0.15, 0.2) is 24.3 Å². The number of nitrogens with zero attached hydrogens (tertiary/aromatic N) is 1. The van der Waals surface area contributed by atoms with Gasteiger partial charge in [0.15, 0.2) is 0 Å². The Labute approximate surface area is 147 Å². The number of ketones is 1. The maximum atomic E-state index is 13.3. The molecule has 0 radical (unpaired) electrons. The van der Waals surface area contributed by atoms with E-state index in [1.807, 2.05) is 0 Å². The number of nitrogens with one attached hydrogen (secondary N) is 1. The lowest BCUT2D eigenvalue weighted by molar-refractivity contribution is -0.133. The van der Waals surface area contributed by atoms with Crippen molar-refractivity contribution < 1.29 is 14.0 Å². The number of carbonyl (C=O) groups excluding carboxylic acids is 2. The normalized spacial score (nSPS) is 29.8. The van der Waals surface area contributed by atoms with Crippen molar-refractivity contribution in [3.05, 3.63) is 35.6 Å². The molecule has 4 nitrogen and oxygen atoms in total. The summed E-state index contributed by atoms with van der Waals surface area (Å²) in [5.74, 6) is 0.329. The predicted octanol–water partition coefficient (Wildman–Crippen LogP) is 2.63. The highest BCUT2D eigenvalue weighted by atomic mass is 19.1. The highest BCUT2D eigenvalue weighted by Crippen LogP contribution is 2.48. The van der Waals surface area contributed by atoms with E-state index >= 15 is 0 Å². The van der Waals surface area contributed by atoms with Crippen LogP contribution in [0.25, 0.3) is 0 Å². The van der Waals surface area contributed by atoms with Crippen LogP contribution in [0.3, 0.4) is 0 Å². The molecule has 2 heterocycles. The summed E-state index contributed by atoms with van der Waals surface area (Å²) >= 11 is 0. The topological polar surface area (TPSA) is 49.4 Å². The van der Waals surface area contributed by atoms with Gasteiger partial charge in [-0.15, -0.1) is 0 Å². The lowest BCUT2D eigenvalue weighted by Gasteiger charge is -2.44. The van der Waals surface area contributed by atoms with Crippen LogP contribution in [0.1, 0.15) is 50.0 Å². The van der Waals surface area contributed by atoms with E-state index in [0.29, 0.717) is 18.7 Å². The smallest absolute Gasteiger partial charge is 0.227 e. The molecule has 2 unspecified atom stereocenters. The fraction of sp³-hybridized carbons (Fsp3) is 0.600. The molecule has 4 rings (SSSR count). The van der Waals surface area contributed by atoms with Gasteiger partial charge in [0, 0.05) is 18.9 Å². The van der Waals surface area contributed by atoms with Gasteiger partial charge in [-0.3, -0.25) is 14.5 Å². The third-order valence-electron chi connectivity index (χ3n) is 6.51. The summed E-state index contributed by atoms with van der Waals surface area (Å²) < 4.78 is 13.3. The zero-order valence-electron chi connectivity index (χ0n) is 14.5.